The van der Waals surface area contributed by atoms with Crippen LogP contribution in [0.4, 0.5) is 8.78 Å². The van der Waals surface area contributed by atoms with Crippen molar-refractivity contribution >= 4 is 5.91 Å². The summed E-state index contributed by atoms with van der Waals surface area (Å²) in [6, 6.07) is 10.2. The Balaban J connectivity index is 2.25. The van der Waals surface area contributed by atoms with E-state index in [2.05, 4.69) is 5.32 Å². The van der Waals surface area contributed by atoms with Crippen molar-refractivity contribution < 1.29 is 27.8 Å². The zero-order valence-corrected chi connectivity index (χ0v) is 16.4. The molecule has 0 radical (unpaired) electrons. The van der Waals surface area contributed by atoms with Crippen LogP contribution in [-0.4, -0.2) is 26.2 Å². The number of hydrogen-bond donors (Lipinski definition) is 1. The summed E-state index contributed by atoms with van der Waals surface area (Å²) in [5.74, 6) is -2.50. The Kier molecular flexibility index (Phi) is 8.09. The Morgan fingerprint density at radius 1 is 1.20 bits per heavy atom. The van der Waals surface area contributed by atoms with Gasteiger partial charge < -0.3 is 19.5 Å². The van der Waals surface area contributed by atoms with E-state index < -0.39 is 29.2 Å². The van der Waals surface area contributed by atoms with Crippen molar-refractivity contribution in [2.24, 2.45) is 0 Å². The molecule has 0 aliphatic carbocycles. The highest BCUT2D eigenvalue weighted by Crippen LogP contribution is 2.28. The molecule has 0 heterocycles. The lowest BCUT2D eigenvalue weighted by Crippen LogP contribution is -2.32. The maximum Gasteiger partial charge on any atom is 0.254 e. The first-order valence-electron chi connectivity index (χ1n) is 8.90. The van der Waals surface area contributed by atoms with Crippen molar-refractivity contribution in [2.45, 2.75) is 19.6 Å². The van der Waals surface area contributed by atoms with Gasteiger partial charge in [-0.15, -0.1) is 0 Å². The number of rotatable bonds is 9. The Bertz CT molecular complexity index is 976. The van der Waals surface area contributed by atoms with Crippen LogP contribution in [0.15, 0.2) is 30.3 Å². The molecule has 1 amide bonds. The zero-order valence-electron chi connectivity index (χ0n) is 16.4. The van der Waals surface area contributed by atoms with E-state index in [1.165, 1.54) is 19.2 Å². The zero-order chi connectivity index (χ0) is 22.1. The lowest BCUT2D eigenvalue weighted by atomic mass is 10.1. The van der Waals surface area contributed by atoms with Gasteiger partial charge in [0.25, 0.3) is 5.91 Å². The highest BCUT2D eigenvalue weighted by atomic mass is 19.1. The standard InChI is InChI=1S/C21H19F2N3O4/c1-3-29-20(19-16(22)9-15(28-2)10-17(19)23)21(27)26-12-14-5-4-13(11-25)8-18(14)30-7-6-24/h4-5,8-10,20H,3,7,12H2,1-2H3,(H,26,27). The highest BCUT2D eigenvalue weighted by Gasteiger charge is 2.28. The van der Waals surface area contributed by atoms with E-state index >= 15 is 0 Å². The predicted octanol–water partition coefficient (Wildman–Crippen LogP) is 3.14. The number of halogens is 2. The summed E-state index contributed by atoms with van der Waals surface area (Å²) in [6.45, 7) is 1.30. The highest BCUT2D eigenvalue weighted by molar-refractivity contribution is 5.82. The van der Waals surface area contributed by atoms with Crippen LogP contribution in [-0.2, 0) is 16.1 Å². The van der Waals surface area contributed by atoms with E-state index in [0.717, 1.165) is 12.1 Å². The maximum absolute atomic E-state index is 14.4. The molecule has 0 bridgehead atoms. The summed E-state index contributed by atoms with van der Waals surface area (Å²) in [6.07, 6.45) is -1.53. The monoisotopic (exact) mass is 415 g/mol. The van der Waals surface area contributed by atoms with Gasteiger partial charge in [-0.2, -0.15) is 10.5 Å². The third kappa shape index (κ3) is 5.43. The van der Waals surface area contributed by atoms with Crippen LogP contribution in [0.25, 0.3) is 0 Å². The van der Waals surface area contributed by atoms with Crippen molar-refractivity contribution in [3.63, 3.8) is 0 Å². The van der Waals surface area contributed by atoms with Crippen molar-refractivity contribution in [3.05, 3.63) is 58.7 Å². The number of hydrogen-bond acceptors (Lipinski definition) is 6. The fraction of sp³-hybridized carbons (Fsp3) is 0.286. The third-order valence-electron chi connectivity index (χ3n) is 4.06. The van der Waals surface area contributed by atoms with E-state index in [1.807, 2.05) is 12.1 Å². The SMILES string of the molecule is CCOC(C(=O)NCc1ccc(C#N)cc1OCC#N)c1c(F)cc(OC)cc1F. The number of amides is 1. The molecule has 0 saturated heterocycles. The number of ether oxygens (including phenoxy) is 3. The molecule has 2 rings (SSSR count). The molecule has 1 N–H and O–H groups in total. The molecule has 7 nitrogen and oxygen atoms in total. The van der Waals surface area contributed by atoms with Crippen molar-refractivity contribution in [3.8, 4) is 23.6 Å². The largest absolute Gasteiger partial charge is 0.497 e. The lowest BCUT2D eigenvalue weighted by molar-refractivity contribution is -0.133. The van der Waals surface area contributed by atoms with Crippen molar-refractivity contribution in [1.82, 2.24) is 5.32 Å². The number of carbonyl (C=O) groups is 1. The minimum Gasteiger partial charge on any atom is -0.497 e. The van der Waals surface area contributed by atoms with Crippen molar-refractivity contribution in [2.75, 3.05) is 20.3 Å². The fourth-order valence-electron chi connectivity index (χ4n) is 2.68. The number of carbonyl (C=O) groups excluding carboxylic acids is 1. The molecule has 0 aliphatic rings. The van der Waals surface area contributed by atoms with Gasteiger partial charge in [0.1, 0.15) is 29.2 Å². The number of nitrogens with one attached hydrogen (secondary N) is 1. The number of nitrogens with zero attached hydrogens (tertiary/aromatic N) is 2. The summed E-state index contributed by atoms with van der Waals surface area (Å²) in [7, 11) is 1.27. The van der Waals surface area contributed by atoms with Gasteiger partial charge in [0.2, 0.25) is 0 Å². The maximum atomic E-state index is 14.4. The Labute approximate surface area is 172 Å². The van der Waals surface area contributed by atoms with Gasteiger partial charge in [0.05, 0.1) is 24.3 Å². The number of methoxy groups -OCH3 is 1. The first-order valence-corrected chi connectivity index (χ1v) is 8.90. The van der Waals surface area contributed by atoms with Gasteiger partial charge in [0, 0.05) is 30.8 Å². The molecule has 30 heavy (non-hydrogen) atoms. The van der Waals surface area contributed by atoms with Gasteiger partial charge in [-0.1, -0.05) is 6.07 Å². The molecule has 9 heteroatoms. The molecular weight excluding hydrogens is 396 g/mol. The summed E-state index contributed by atoms with van der Waals surface area (Å²) in [5, 5.41) is 20.3. The second-order valence-electron chi connectivity index (χ2n) is 5.94. The van der Waals surface area contributed by atoms with Crippen LogP contribution >= 0.6 is 0 Å². The van der Waals surface area contributed by atoms with Gasteiger partial charge in [-0.3, -0.25) is 4.79 Å². The molecule has 2 aromatic rings. The smallest absolute Gasteiger partial charge is 0.254 e. The van der Waals surface area contributed by atoms with E-state index in [0.29, 0.717) is 11.1 Å². The minimum absolute atomic E-state index is 0.0266. The Morgan fingerprint density at radius 2 is 1.90 bits per heavy atom. The summed E-state index contributed by atoms with van der Waals surface area (Å²) < 4.78 is 44.2. The minimum atomic E-state index is -1.53. The van der Waals surface area contributed by atoms with Gasteiger partial charge in [-0.25, -0.2) is 8.78 Å². The molecule has 0 fully saturated rings. The topological polar surface area (TPSA) is 104 Å². The molecular formula is C21H19F2N3O4. The predicted molar refractivity (Wildman–Crippen MR) is 101 cm³/mol. The summed E-state index contributed by atoms with van der Waals surface area (Å²) in [4.78, 5) is 12.7. The second-order valence-corrected chi connectivity index (χ2v) is 5.94. The van der Waals surface area contributed by atoms with Crippen LogP contribution in [0.3, 0.4) is 0 Å². The van der Waals surface area contributed by atoms with E-state index in [4.69, 9.17) is 24.7 Å². The lowest BCUT2D eigenvalue weighted by Gasteiger charge is -2.19. The second kappa shape index (κ2) is 10.7. The molecule has 0 saturated carbocycles. The van der Waals surface area contributed by atoms with Crippen LogP contribution in [0.1, 0.15) is 29.7 Å². The van der Waals surface area contributed by atoms with E-state index in [1.54, 1.807) is 13.0 Å². The van der Waals surface area contributed by atoms with Gasteiger partial charge >= 0.3 is 0 Å². The average molecular weight is 415 g/mol. The van der Waals surface area contributed by atoms with Crippen LogP contribution < -0.4 is 14.8 Å². The van der Waals surface area contributed by atoms with Crippen LogP contribution in [0, 0.1) is 34.3 Å². The Morgan fingerprint density at radius 3 is 2.47 bits per heavy atom. The van der Waals surface area contributed by atoms with E-state index in [9.17, 15) is 13.6 Å². The molecule has 1 atom stereocenters. The molecule has 2 aromatic carbocycles. The summed E-state index contributed by atoms with van der Waals surface area (Å²) >= 11 is 0. The molecule has 1 unspecified atom stereocenters. The Hall–Kier alpha value is -3.69. The van der Waals surface area contributed by atoms with Crippen LogP contribution in [0.2, 0.25) is 0 Å². The fourth-order valence-corrected chi connectivity index (χ4v) is 2.68. The van der Waals surface area contributed by atoms with Crippen molar-refractivity contribution in [1.29, 1.82) is 10.5 Å². The summed E-state index contributed by atoms with van der Waals surface area (Å²) in [5.41, 5.74) is 0.257. The van der Waals surface area contributed by atoms with Gasteiger partial charge in [0.15, 0.2) is 12.7 Å². The average Bonchev–Trinajstić information content (AvgIpc) is 2.74. The molecule has 0 aromatic heterocycles. The normalized spacial score (nSPS) is 11.1. The molecule has 0 aliphatic heterocycles. The van der Waals surface area contributed by atoms with E-state index in [-0.39, 0.29) is 31.3 Å². The first-order chi connectivity index (χ1) is 14.4. The van der Waals surface area contributed by atoms with Crippen LogP contribution in [0.5, 0.6) is 11.5 Å². The van der Waals surface area contributed by atoms with Gasteiger partial charge in [-0.05, 0) is 19.1 Å². The number of nitriles is 2. The first kappa shape index (κ1) is 22.6. The number of benzene rings is 2. The molecule has 0 spiro atoms. The molecule has 156 valence electrons. The third-order valence-corrected chi connectivity index (χ3v) is 4.06. The quantitative estimate of drug-likeness (QED) is 0.675.